The molecule has 11 nitrogen and oxygen atoms in total. The van der Waals surface area contributed by atoms with Gasteiger partial charge in [0.05, 0.1) is 9.85 Å². The van der Waals surface area contributed by atoms with Crippen molar-refractivity contribution in [3.63, 3.8) is 0 Å². The Bertz CT molecular complexity index is 922. The number of hydrogen-bond acceptors (Lipinski definition) is 9. The van der Waals surface area contributed by atoms with Gasteiger partial charge in [-0.3, -0.25) is 20.2 Å². The third-order valence-electron chi connectivity index (χ3n) is 3.99. The van der Waals surface area contributed by atoms with E-state index < -0.39 is 15.8 Å². The molecule has 3 heterocycles. The smallest absolute Gasteiger partial charge is 0.310 e. The van der Waals surface area contributed by atoms with E-state index in [0.29, 0.717) is 5.82 Å². The van der Waals surface area contributed by atoms with E-state index in [-0.39, 0.29) is 53.8 Å². The molecule has 0 aromatic carbocycles. The van der Waals surface area contributed by atoms with Gasteiger partial charge in [0.15, 0.2) is 0 Å². The lowest BCUT2D eigenvalue weighted by molar-refractivity contribution is -0.384. The molecule has 4 N–H and O–H groups in total. The molecule has 0 amide bonds. The highest BCUT2D eigenvalue weighted by molar-refractivity contribution is 6.29. The number of nitrogens with two attached hydrogens (primary N) is 2. The van der Waals surface area contributed by atoms with Crippen molar-refractivity contribution in [2.75, 3.05) is 29.5 Å². The van der Waals surface area contributed by atoms with Gasteiger partial charge in [0.1, 0.15) is 34.7 Å². The van der Waals surface area contributed by atoms with Crippen LogP contribution >= 0.6 is 11.6 Å². The molecule has 1 fully saturated rings. The van der Waals surface area contributed by atoms with Crippen molar-refractivity contribution < 1.29 is 18.6 Å². The highest BCUT2D eigenvalue weighted by atomic mass is 35.5. The summed E-state index contributed by atoms with van der Waals surface area (Å²) in [5, 5.41) is 20.9. The summed E-state index contributed by atoms with van der Waals surface area (Å²) in [5.41, 5.74) is 10.3. The molecule has 1 saturated heterocycles. The Morgan fingerprint density at radius 2 is 1.48 bits per heavy atom. The molecule has 0 spiro atoms. The van der Waals surface area contributed by atoms with Crippen LogP contribution in [-0.4, -0.2) is 38.8 Å². The Morgan fingerprint density at radius 1 is 1.00 bits per heavy atom. The number of pyridine rings is 2. The lowest BCUT2D eigenvalue weighted by Crippen LogP contribution is -2.39. The molecule has 156 valence electrons. The second kappa shape index (κ2) is 8.77. The highest BCUT2D eigenvalue weighted by Gasteiger charge is 2.34. The van der Waals surface area contributed by atoms with Crippen molar-refractivity contribution in [2.45, 2.75) is 18.8 Å². The number of halogens is 3. The Morgan fingerprint density at radius 3 is 1.93 bits per heavy atom. The van der Waals surface area contributed by atoms with Crippen molar-refractivity contribution in [3.8, 4) is 0 Å². The van der Waals surface area contributed by atoms with Crippen LogP contribution in [0, 0.1) is 20.2 Å². The monoisotopic (exact) mass is 431 g/mol. The minimum atomic E-state index is -2.64. The van der Waals surface area contributed by atoms with E-state index in [0.717, 1.165) is 12.4 Å². The third kappa shape index (κ3) is 5.81. The van der Waals surface area contributed by atoms with Crippen LogP contribution in [0.4, 0.5) is 37.3 Å². The fourth-order valence-corrected chi connectivity index (χ4v) is 2.60. The molecule has 1 aliphatic heterocycles. The van der Waals surface area contributed by atoms with Gasteiger partial charge in [-0.2, -0.15) is 0 Å². The van der Waals surface area contributed by atoms with Crippen LogP contribution in [0.3, 0.4) is 0 Å². The van der Waals surface area contributed by atoms with Crippen molar-refractivity contribution in [1.29, 1.82) is 0 Å². The Kier molecular flexibility index (Phi) is 6.64. The molecule has 0 bridgehead atoms. The van der Waals surface area contributed by atoms with Gasteiger partial charge in [-0.05, 0) is 0 Å². The first kappa shape index (κ1) is 21.9. The average molecular weight is 432 g/mol. The summed E-state index contributed by atoms with van der Waals surface area (Å²) in [6, 6.07) is 2.58. The number of alkyl halides is 2. The maximum absolute atomic E-state index is 13.0. The highest BCUT2D eigenvalue weighted by Crippen LogP contribution is 2.31. The van der Waals surface area contributed by atoms with Crippen LogP contribution in [-0.2, 0) is 0 Å². The topological polar surface area (TPSA) is 167 Å². The zero-order valence-electron chi connectivity index (χ0n) is 14.8. The summed E-state index contributed by atoms with van der Waals surface area (Å²) >= 11 is 5.41. The minimum Gasteiger partial charge on any atom is -0.393 e. The van der Waals surface area contributed by atoms with Gasteiger partial charge < -0.3 is 16.4 Å². The van der Waals surface area contributed by atoms with E-state index in [2.05, 4.69) is 9.97 Å². The fourth-order valence-electron chi connectivity index (χ4n) is 2.43. The molecule has 29 heavy (non-hydrogen) atoms. The van der Waals surface area contributed by atoms with Crippen LogP contribution < -0.4 is 16.4 Å². The Hall–Kier alpha value is -3.35. The summed E-state index contributed by atoms with van der Waals surface area (Å²) in [7, 11) is 0. The van der Waals surface area contributed by atoms with E-state index in [9.17, 15) is 29.0 Å². The molecule has 0 aliphatic carbocycles. The first-order chi connectivity index (χ1) is 13.5. The van der Waals surface area contributed by atoms with Gasteiger partial charge in [-0.15, -0.1) is 0 Å². The summed E-state index contributed by atoms with van der Waals surface area (Å²) in [4.78, 5) is 28.5. The number of anilines is 3. The molecule has 14 heteroatoms. The van der Waals surface area contributed by atoms with Crippen molar-refractivity contribution in [3.05, 3.63) is 49.9 Å². The number of nitro groups is 2. The zero-order chi connectivity index (χ0) is 21.8. The molecule has 3 rings (SSSR count). The average Bonchev–Trinajstić information content (AvgIpc) is 2.61. The quantitative estimate of drug-likeness (QED) is 0.421. The number of aromatic nitrogens is 2. The molecule has 0 saturated carbocycles. The lowest BCUT2D eigenvalue weighted by Gasteiger charge is -2.32. The maximum atomic E-state index is 13.0. The summed E-state index contributed by atoms with van der Waals surface area (Å²) in [6.07, 6.45) is 1.59. The second-order valence-corrected chi connectivity index (χ2v) is 6.41. The van der Waals surface area contributed by atoms with Crippen molar-refractivity contribution in [1.82, 2.24) is 9.97 Å². The van der Waals surface area contributed by atoms with Crippen LogP contribution in [0.1, 0.15) is 12.8 Å². The predicted octanol–water partition coefficient (Wildman–Crippen LogP) is 3.03. The number of hydrogen-bond donors (Lipinski definition) is 2. The second-order valence-electron chi connectivity index (χ2n) is 6.02. The maximum Gasteiger partial charge on any atom is 0.310 e. The van der Waals surface area contributed by atoms with E-state index in [1.54, 1.807) is 4.90 Å². The molecule has 0 unspecified atom stereocenters. The standard InChI is InChI=1S/C10H12F2N4O2.C5H4ClN3O2/c11-10(12)1-3-15(4-2-10)9-5-7(13)8(6-14-9)16(17)18;6-5-1-3(7)4(2-8-5)9(10)11/h5-6H,1-4H2,(H2,13,14);1-2H,(H2,7,8). The van der Waals surface area contributed by atoms with Gasteiger partial charge >= 0.3 is 11.4 Å². The van der Waals surface area contributed by atoms with E-state index in [4.69, 9.17) is 23.1 Å². The number of piperidine rings is 1. The Balaban J connectivity index is 0.000000234. The van der Waals surface area contributed by atoms with Gasteiger partial charge in [-0.25, -0.2) is 18.7 Å². The third-order valence-corrected chi connectivity index (χ3v) is 4.20. The first-order valence-electron chi connectivity index (χ1n) is 8.08. The zero-order valence-corrected chi connectivity index (χ0v) is 15.6. The van der Waals surface area contributed by atoms with Crippen molar-refractivity contribution in [2.24, 2.45) is 0 Å². The number of rotatable bonds is 3. The van der Waals surface area contributed by atoms with Crippen LogP contribution in [0.2, 0.25) is 5.15 Å². The van der Waals surface area contributed by atoms with Gasteiger partial charge in [0, 0.05) is 38.1 Å². The van der Waals surface area contributed by atoms with Crippen LogP contribution in [0.15, 0.2) is 24.5 Å². The lowest BCUT2D eigenvalue weighted by atomic mass is 10.1. The van der Waals surface area contributed by atoms with Gasteiger partial charge in [0.25, 0.3) is 5.92 Å². The van der Waals surface area contributed by atoms with Crippen LogP contribution in [0.5, 0.6) is 0 Å². The molecule has 0 atom stereocenters. The molecule has 2 aromatic heterocycles. The SMILES string of the molecule is Nc1cc(Cl)ncc1[N+](=O)[O-].Nc1cc(N2CCC(F)(F)CC2)ncc1[N+](=O)[O-]. The van der Waals surface area contributed by atoms with Gasteiger partial charge in [-0.1, -0.05) is 11.6 Å². The summed E-state index contributed by atoms with van der Waals surface area (Å²) < 4.78 is 26.0. The van der Waals surface area contributed by atoms with Crippen LogP contribution in [0.25, 0.3) is 0 Å². The predicted molar refractivity (Wildman–Crippen MR) is 102 cm³/mol. The first-order valence-corrected chi connectivity index (χ1v) is 8.46. The number of nitrogen functional groups attached to an aromatic ring is 2. The summed E-state index contributed by atoms with van der Waals surface area (Å²) in [5.74, 6) is -2.24. The number of nitrogens with zero attached hydrogens (tertiary/aromatic N) is 5. The molecular formula is C15H16ClF2N7O4. The fraction of sp³-hybridized carbons (Fsp3) is 0.333. The van der Waals surface area contributed by atoms with E-state index in [1.165, 1.54) is 12.1 Å². The van der Waals surface area contributed by atoms with E-state index >= 15 is 0 Å². The Labute approximate surface area is 167 Å². The molecule has 2 aromatic rings. The largest absolute Gasteiger partial charge is 0.393 e. The van der Waals surface area contributed by atoms with E-state index in [1.807, 2.05) is 0 Å². The van der Waals surface area contributed by atoms with Gasteiger partial charge in [0.2, 0.25) is 0 Å². The normalized spacial score (nSPS) is 15.2. The summed E-state index contributed by atoms with van der Waals surface area (Å²) in [6.45, 7) is 0.328. The van der Waals surface area contributed by atoms with Crippen molar-refractivity contribution >= 4 is 40.2 Å². The molecule has 1 aliphatic rings. The molecular weight excluding hydrogens is 416 g/mol. The molecule has 0 radical (unpaired) electrons. The minimum absolute atomic E-state index is 0.0117.